The summed E-state index contributed by atoms with van der Waals surface area (Å²) in [6.45, 7) is 9.56. The summed E-state index contributed by atoms with van der Waals surface area (Å²) in [7, 11) is -0.527. The van der Waals surface area contributed by atoms with Crippen molar-refractivity contribution >= 4 is 24.2 Å². The van der Waals surface area contributed by atoms with Crippen molar-refractivity contribution in [3.05, 3.63) is 17.2 Å². The molecular weight excluding hydrogens is 302 g/mol. The minimum atomic E-state index is -0.527. The molecule has 7 heteroatoms. The van der Waals surface area contributed by atoms with Crippen LogP contribution in [0, 0.1) is 0 Å². The molecule has 22 heavy (non-hydrogen) atoms. The maximum absolute atomic E-state index is 6.37. The molecule has 0 atom stereocenters. The second-order valence-electron chi connectivity index (χ2n) is 6.95. The molecule has 1 aromatic rings. The van der Waals surface area contributed by atoms with E-state index in [2.05, 4.69) is 9.97 Å². The molecule has 0 unspecified atom stereocenters. The zero-order valence-corrected chi connectivity index (χ0v) is 14.3. The number of ether oxygens (including phenoxy) is 1. The van der Waals surface area contributed by atoms with E-state index in [1.54, 1.807) is 6.20 Å². The molecule has 0 spiro atoms. The van der Waals surface area contributed by atoms with Gasteiger partial charge in [0, 0.05) is 30.8 Å². The van der Waals surface area contributed by atoms with Crippen molar-refractivity contribution in [2.24, 2.45) is 0 Å². The van der Waals surface area contributed by atoms with Crippen LogP contribution in [-0.4, -0.2) is 41.5 Å². The van der Waals surface area contributed by atoms with Gasteiger partial charge in [-0.25, -0.2) is 9.97 Å². The Balaban J connectivity index is 1.81. The van der Waals surface area contributed by atoms with Gasteiger partial charge in [-0.3, -0.25) is 0 Å². The molecule has 0 saturated carbocycles. The first-order chi connectivity index (χ1) is 10.3. The Labute approximate surface area is 136 Å². The van der Waals surface area contributed by atoms with E-state index in [1.807, 2.05) is 27.7 Å². The average Bonchev–Trinajstić information content (AvgIpc) is 2.68. The first-order valence-electron chi connectivity index (χ1n) is 7.76. The van der Waals surface area contributed by atoms with Crippen molar-refractivity contribution in [1.29, 1.82) is 0 Å². The highest BCUT2D eigenvalue weighted by Gasteiger charge is 2.52. The van der Waals surface area contributed by atoms with Crippen LogP contribution in [0.4, 0.5) is 0 Å². The SMILES string of the molecule is CC1(C)OB(c2cnc(C3CCOCC3)nc2Cl)OC1(C)C. The third-order valence-corrected chi connectivity index (χ3v) is 5.18. The Morgan fingerprint density at radius 1 is 1.14 bits per heavy atom. The molecule has 1 aromatic heterocycles. The van der Waals surface area contributed by atoms with Gasteiger partial charge < -0.3 is 14.0 Å². The van der Waals surface area contributed by atoms with Crippen LogP contribution in [0.25, 0.3) is 0 Å². The van der Waals surface area contributed by atoms with Crippen molar-refractivity contribution in [2.45, 2.75) is 57.7 Å². The summed E-state index contributed by atoms with van der Waals surface area (Å²) in [5.41, 5.74) is -0.114. The van der Waals surface area contributed by atoms with Gasteiger partial charge in [0.1, 0.15) is 11.0 Å². The molecular formula is C15H22BClN2O3. The summed E-state index contributed by atoms with van der Waals surface area (Å²) >= 11 is 6.37. The second-order valence-corrected chi connectivity index (χ2v) is 7.31. The molecule has 0 amide bonds. The number of halogens is 1. The van der Waals surface area contributed by atoms with Crippen molar-refractivity contribution in [3.63, 3.8) is 0 Å². The first kappa shape index (κ1) is 16.2. The number of hydrogen-bond donors (Lipinski definition) is 0. The molecule has 2 aliphatic rings. The molecule has 0 radical (unpaired) electrons. The summed E-state index contributed by atoms with van der Waals surface area (Å²) < 4.78 is 17.4. The fourth-order valence-electron chi connectivity index (χ4n) is 2.66. The van der Waals surface area contributed by atoms with Gasteiger partial charge in [0.15, 0.2) is 0 Å². The highest BCUT2D eigenvalue weighted by atomic mass is 35.5. The van der Waals surface area contributed by atoms with Crippen LogP contribution in [-0.2, 0) is 14.0 Å². The molecule has 2 saturated heterocycles. The van der Waals surface area contributed by atoms with Crippen LogP contribution < -0.4 is 5.46 Å². The van der Waals surface area contributed by atoms with Crippen molar-refractivity contribution in [2.75, 3.05) is 13.2 Å². The maximum atomic E-state index is 6.37. The molecule has 3 rings (SSSR count). The zero-order chi connectivity index (χ0) is 16.0. The van der Waals surface area contributed by atoms with Crippen LogP contribution in [0.1, 0.15) is 52.3 Å². The van der Waals surface area contributed by atoms with E-state index >= 15 is 0 Å². The standard InChI is InChI=1S/C15H22BClN2O3/c1-14(2)15(3,4)22-16(21-14)11-9-18-13(19-12(11)17)10-5-7-20-8-6-10/h9-10H,5-8H2,1-4H3. The molecule has 2 aliphatic heterocycles. The second kappa shape index (κ2) is 5.75. The Hall–Kier alpha value is -0.685. The smallest absolute Gasteiger partial charge is 0.399 e. The van der Waals surface area contributed by atoms with Gasteiger partial charge in [-0.1, -0.05) is 11.6 Å². The molecule has 0 N–H and O–H groups in total. The van der Waals surface area contributed by atoms with E-state index in [-0.39, 0.29) is 0 Å². The summed E-state index contributed by atoms with van der Waals surface area (Å²) in [6.07, 6.45) is 3.61. The number of nitrogens with zero attached hydrogens (tertiary/aromatic N) is 2. The summed E-state index contributed by atoms with van der Waals surface area (Å²) in [6, 6.07) is 0. The summed E-state index contributed by atoms with van der Waals surface area (Å²) in [5, 5.41) is 0.412. The number of hydrogen-bond acceptors (Lipinski definition) is 5. The van der Waals surface area contributed by atoms with Crippen LogP contribution in [0.15, 0.2) is 6.20 Å². The van der Waals surface area contributed by atoms with E-state index in [0.29, 0.717) is 16.5 Å². The molecule has 0 bridgehead atoms. The normalized spacial score (nSPS) is 24.7. The first-order valence-corrected chi connectivity index (χ1v) is 8.14. The molecule has 0 aromatic carbocycles. The molecule has 0 aliphatic carbocycles. The number of aromatic nitrogens is 2. The van der Waals surface area contributed by atoms with Crippen molar-refractivity contribution < 1.29 is 14.0 Å². The lowest BCUT2D eigenvalue weighted by Crippen LogP contribution is -2.41. The van der Waals surface area contributed by atoms with Gasteiger partial charge in [-0.15, -0.1) is 0 Å². The lowest BCUT2D eigenvalue weighted by Gasteiger charge is -2.32. The third-order valence-electron chi connectivity index (χ3n) is 4.88. The van der Waals surface area contributed by atoms with E-state index < -0.39 is 18.3 Å². The highest BCUT2D eigenvalue weighted by molar-refractivity contribution is 6.65. The number of rotatable bonds is 2. The summed E-state index contributed by atoms with van der Waals surface area (Å²) in [4.78, 5) is 8.97. The highest BCUT2D eigenvalue weighted by Crippen LogP contribution is 2.37. The van der Waals surface area contributed by atoms with Crippen LogP contribution in [0.5, 0.6) is 0 Å². The largest absolute Gasteiger partial charge is 0.499 e. The molecule has 5 nitrogen and oxygen atoms in total. The minimum Gasteiger partial charge on any atom is -0.399 e. The Morgan fingerprint density at radius 2 is 1.73 bits per heavy atom. The predicted molar refractivity (Wildman–Crippen MR) is 85.6 cm³/mol. The lowest BCUT2D eigenvalue weighted by atomic mass is 9.81. The van der Waals surface area contributed by atoms with Gasteiger partial charge in [0.25, 0.3) is 0 Å². The van der Waals surface area contributed by atoms with Crippen LogP contribution in [0.2, 0.25) is 5.15 Å². The predicted octanol–water partition coefficient (Wildman–Crippen LogP) is 2.32. The fraction of sp³-hybridized carbons (Fsp3) is 0.733. The van der Waals surface area contributed by atoms with E-state index in [0.717, 1.165) is 31.9 Å². The molecule has 3 heterocycles. The topological polar surface area (TPSA) is 53.5 Å². The van der Waals surface area contributed by atoms with Crippen LogP contribution in [0.3, 0.4) is 0 Å². The van der Waals surface area contributed by atoms with Gasteiger partial charge in [0.2, 0.25) is 0 Å². The van der Waals surface area contributed by atoms with Gasteiger partial charge >= 0.3 is 7.12 Å². The fourth-order valence-corrected chi connectivity index (χ4v) is 2.89. The monoisotopic (exact) mass is 324 g/mol. The van der Waals surface area contributed by atoms with E-state index in [1.165, 1.54) is 0 Å². The Morgan fingerprint density at radius 3 is 2.27 bits per heavy atom. The molecule has 2 fully saturated rings. The van der Waals surface area contributed by atoms with Gasteiger partial charge in [-0.05, 0) is 40.5 Å². The zero-order valence-electron chi connectivity index (χ0n) is 13.6. The average molecular weight is 325 g/mol. The quantitative estimate of drug-likeness (QED) is 0.617. The van der Waals surface area contributed by atoms with Gasteiger partial charge in [-0.2, -0.15) is 0 Å². The minimum absolute atomic E-state index is 0.318. The third kappa shape index (κ3) is 2.89. The van der Waals surface area contributed by atoms with Gasteiger partial charge in [0.05, 0.1) is 11.2 Å². The molecule has 120 valence electrons. The lowest BCUT2D eigenvalue weighted by molar-refractivity contribution is 0.00578. The Kier molecular flexibility index (Phi) is 4.23. The van der Waals surface area contributed by atoms with E-state index in [4.69, 9.17) is 25.6 Å². The van der Waals surface area contributed by atoms with E-state index in [9.17, 15) is 0 Å². The van der Waals surface area contributed by atoms with Crippen LogP contribution >= 0.6 is 11.6 Å². The van der Waals surface area contributed by atoms with Crippen molar-refractivity contribution in [1.82, 2.24) is 9.97 Å². The maximum Gasteiger partial charge on any atom is 0.499 e. The summed E-state index contributed by atoms with van der Waals surface area (Å²) in [5.74, 6) is 1.10. The Bertz CT molecular complexity index is 546. The van der Waals surface area contributed by atoms with Crippen molar-refractivity contribution in [3.8, 4) is 0 Å².